The molecule has 0 N–H and O–H groups in total. The third-order valence-electron chi connectivity index (χ3n) is 1.93. The second kappa shape index (κ2) is 6.14. The van der Waals surface area contributed by atoms with E-state index in [1.165, 1.54) is 6.07 Å². The lowest BCUT2D eigenvalue weighted by atomic mass is 10.2. The highest BCUT2D eigenvalue weighted by Gasteiger charge is 2.11. The predicted molar refractivity (Wildman–Crippen MR) is 71.2 cm³/mol. The van der Waals surface area contributed by atoms with Gasteiger partial charge in [0.25, 0.3) is 0 Å². The van der Waals surface area contributed by atoms with Crippen molar-refractivity contribution in [3.05, 3.63) is 27.7 Å². The van der Waals surface area contributed by atoms with Crippen molar-refractivity contribution in [2.24, 2.45) is 0 Å². The van der Waals surface area contributed by atoms with Crippen LogP contribution < -0.4 is 4.74 Å². The normalized spacial score (nSPS) is 11.5. The largest absolute Gasteiger partial charge is 0.491 e. The number of hydrogen-bond acceptors (Lipinski definition) is 3. The van der Waals surface area contributed by atoms with Crippen molar-refractivity contribution >= 4 is 44.6 Å². The van der Waals surface area contributed by atoms with Crippen LogP contribution in [0, 0.1) is 0 Å². The lowest BCUT2D eigenvalue weighted by Crippen LogP contribution is -2.12. The van der Waals surface area contributed by atoms with Gasteiger partial charge in [-0.2, -0.15) is 0 Å². The van der Waals surface area contributed by atoms with E-state index < -0.39 is 9.84 Å². The van der Waals surface area contributed by atoms with E-state index in [0.29, 0.717) is 21.4 Å². The monoisotopic (exact) mass is 316 g/mol. The van der Waals surface area contributed by atoms with Crippen LogP contribution in [0.25, 0.3) is 0 Å². The minimum atomic E-state index is -3.06. The Morgan fingerprint density at radius 1 is 1.29 bits per heavy atom. The van der Waals surface area contributed by atoms with Crippen LogP contribution in [0.5, 0.6) is 5.75 Å². The Morgan fingerprint density at radius 2 is 1.94 bits per heavy atom. The minimum Gasteiger partial charge on any atom is -0.491 e. The second-order valence-corrected chi connectivity index (χ2v) is 6.86. The van der Waals surface area contributed by atoms with Crippen molar-refractivity contribution in [3.8, 4) is 5.75 Å². The molecule has 96 valence electrons. The van der Waals surface area contributed by atoms with Gasteiger partial charge in [-0.25, -0.2) is 8.42 Å². The summed E-state index contributed by atoms with van der Waals surface area (Å²) in [5.74, 6) is 0.497. The van der Waals surface area contributed by atoms with Gasteiger partial charge in [0.05, 0.1) is 16.7 Å². The topological polar surface area (TPSA) is 43.4 Å². The summed E-state index contributed by atoms with van der Waals surface area (Å²) in [7, 11) is -3.06. The molecular formula is C10H11Cl3O3S. The predicted octanol–water partition coefficient (Wildman–Crippen LogP) is 3.16. The van der Waals surface area contributed by atoms with E-state index in [4.69, 9.17) is 39.5 Å². The molecule has 1 aromatic carbocycles. The first-order valence-corrected chi connectivity index (χ1v) is 8.03. The van der Waals surface area contributed by atoms with Crippen molar-refractivity contribution in [2.45, 2.75) is 5.88 Å². The SMILES string of the molecule is CS(=O)(=O)CCOc1c(Cl)cc(Cl)cc1CCl. The highest BCUT2D eigenvalue weighted by molar-refractivity contribution is 7.90. The van der Waals surface area contributed by atoms with Crippen molar-refractivity contribution in [1.82, 2.24) is 0 Å². The third kappa shape index (κ3) is 4.92. The Bertz CT molecular complexity index is 500. The lowest BCUT2D eigenvalue weighted by molar-refractivity contribution is 0.338. The first kappa shape index (κ1) is 14.9. The van der Waals surface area contributed by atoms with Crippen LogP contribution in [-0.2, 0) is 15.7 Å². The summed E-state index contributed by atoms with van der Waals surface area (Å²) in [4.78, 5) is 0. The molecule has 0 saturated carbocycles. The van der Waals surface area contributed by atoms with Crippen LogP contribution >= 0.6 is 34.8 Å². The molecule has 0 atom stereocenters. The summed E-state index contributed by atoms with van der Waals surface area (Å²) in [6.07, 6.45) is 1.14. The molecule has 7 heteroatoms. The Balaban J connectivity index is 2.83. The standard InChI is InChI=1S/C10H11Cl3O3S/c1-17(14,15)3-2-16-10-7(6-11)4-8(12)5-9(10)13/h4-5H,2-3,6H2,1H3. The summed E-state index contributed by atoms with van der Waals surface area (Å²) in [6.45, 7) is 0.0318. The van der Waals surface area contributed by atoms with E-state index in [1.54, 1.807) is 6.07 Å². The molecule has 1 rings (SSSR count). The van der Waals surface area contributed by atoms with Crippen LogP contribution in [0.2, 0.25) is 10.0 Å². The molecule has 0 radical (unpaired) electrons. The molecular weight excluding hydrogens is 307 g/mol. The number of rotatable bonds is 5. The number of sulfone groups is 1. The molecule has 0 aliphatic rings. The Labute approximate surface area is 116 Å². The zero-order chi connectivity index (χ0) is 13.1. The zero-order valence-corrected chi connectivity index (χ0v) is 12.1. The smallest absolute Gasteiger partial charge is 0.150 e. The molecule has 0 unspecified atom stereocenters. The van der Waals surface area contributed by atoms with Crippen molar-refractivity contribution in [1.29, 1.82) is 0 Å². The molecule has 3 nitrogen and oxygen atoms in total. The molecule has 17 heavy (non-hydrogen) atoms. The molecule has 1 aromatic rings. The Kier molecular flexibility index (Phi) is 5.38. The molecule has 0 aliphatic carbocycles. The van der Waals surface area contributed by atoms with E-state index in [2.05, 4.69) is 0 Å². The number of alkyl halides is 1. The van der Waals surface area contributed by atoms with Gasteiger partial charge in [-0.15, -0.1) is 11.6 Å². The fourth-order valence-corrected chi connectivity index (χ4v) is 2.34. The van der Waals surface area contributed by atoms with Crippen molar-refractivity contribution in [2.75, 3.05) is 18.6 Å². The molecule has 0 spiro atoms. The molecule has 0 heterocycles. The van der Waals surface area contributed by atoms with Gasteiger partial charge in [-0.1, -0.05) is 23.2 Å². The average molecular weight is 318 g/mol. The third-order valence-corrected chi connectivity index (χ3v) is 3.62. The summed E-state index contributed by atoms with van der Waals surface area (Å²) < 4.78 is 27.2. The maximum atomic E-state index is 11.0. The highest BCUT2D eigenvalue weighted by Crippen LogP contribution is 2.33. The maximum Gasteiger partial charge on any atom is 0.150 e. The first-order valence-electron chi connectivity index (χ1n) is 4.68. The van der Waals surface area contributed by atoms with Crippen LogP contribution in [0.1, 0.15) is 5.56 Å². The molecule has 0 amide bonds. The number of hydrogen-bond donors (Lipinski definition) is 0. The van der Waals surface area contributed by atoms with Gasteiger partial charge in [0, 0.05) is 16.8 Å². The van der Waals surface area contributed by atoms with Gasteiger partial charge in [0.2, 0.25) is 0 Å². The molecule has 0 saturated heterocycles. The average Bonchev–Trinajstić information content (AvgIpc) is 2.18. The van der Waals surface area contributed by atoms with Gasteiger partial charge < -0.3 is 4.74 Å². The van der Waals surface area contributed by atoms with E-state index in [0.717, 1.165) is 6.26 Å². The van der Waals surface area contributed by atoms with Crippen LogP contribution in [0.4, 0.5) is 0 Å². The molecule has 0 aromatic heterocycles. The molecule has 0 aliphatic heterocycles. The highest BCUT2D eigenvalue weighted by atomic mass is 35.5. The van der Waals surface area contributed by atoms with E-state index in [9.17, 15) is 8.42 Å². The second-order valence-electron chi connectivity index (χ2n) is 3.49. The van der Waals surface area contributed by atoms with Crippen LogP contribution in [0.15, 0.2) is 12.1 Å². The van der Waals surface area contributed by atoms with Gasteiger partial charge in [0.1, 0.15) is 12.4 Å². The summed E-state index contributed by atoms with van der Waals surface area (Å²) in [5.41, 5.74) is 0.637. The molecule has 0 fully saturated rings. The zero-order valence-electron chi connectivity index (χ0n) is 9.04. The fraction of sp³-hybridized carbons (Fsp3) is 0.400. The Hall–Kier alpha value is -0.160. The van der Waals surface area contributed by atoms with Gasteiger partial charge in [-0.3, -0.25) is 0 Å². The van der Waals surface area contributed by atoms with E-state index >= 15 is 0 Å². The van der Waals surface area contributed by atoms with Gasteiger partial charge in [0.15, 0.2) is 9.84 Å². The maximum absolute atomic E-state index is 11.0. The Morgan fingerprint density at radius 3 is 2.47 bits per heavy atom. The van der Waals surface area contributed by atoms with Crippen molar-refractivity contribution in [3.63, 3.8) is 0 Å². The van der Waals surface area contributed by atoms with E-state index in [-0.39, 0.29) is 18.2 Å². The van der Waals surface area contributed by atoms with Crippen molar-refractivity contribution < 1.29 is 13.2 Å². The first-order chi connectivity index (χ1) is 7.83. The van der Waals surface area contributed by atoms with Gasteiger partial charge in [-0.05, 0) is 12.1 Å². The van der Waals surface area contributed by atoms with Crippen LogP contribution in [-0.4, -0.2) is 27.0 Å². The summed E-state index contributed by atoms with van der Waals surface area (Å²) >= 11 is 17.5. The fourth-order valence-electron chi connectivity index (χ4n) is 1.17. The number of halogens is 3. The minimum absolute atomic E-state index is 0.0318. The molecule has 0 bridgehead atoms. The summed E-state index contributed by atoms with van der Waals surface area (Å²) in [5, 5.41) is 0.780. The lowest BCUT2D eigenvalue weighted by Gasteiger charge is -2.11. The summed E-state index contributed by atoms with van der Waals surface area (Å²) in [6, 6.07) is 3.16. The van der Waals surface area contributed by atoms with Gasteiger partial charge >= 0.3 is 0 Å². The van der Waals surface area contributed by atoms with Crippen LogP contribution in [0.3, 0.4) is 0 Å². The number of benzene rings is 1. The number of ether oxygens (including phenoxy) is 1. The quantitative estimate of drug-likeness (QED) is 0.784. The van der Waals surface area contributed by atoms with E-state index in [1.807, 2.05) is 0 Å².